The Balaban J connectivity index is 0. The van der Waals surface area contributed by atoms with Crippen LogP contribution in [0.15, 0.2) is 0 Å². The van der Waals surface area contributed by atoms with Gasteiger partial charge in [-0.25, -0.2) is 0 Å². The van der Waals surface area contributed by atoms with Crippen LogP contribution in [0.2, 0.25) is 0 Å². The monoisotopic (exact) mass is 222 g/mol. The van der Waals surface area contributed by atoms with Crippen molar-refractivity contribution in [1.29, 1.82) is 0 Å². The average molecular weight is 221 g/mol. The second-order valence-electron chi connectivity index (χ2n) is 1.50. The molecule has 0 atom stereocenters. The maximum absolute atomic E-state index is 9.76. The van der Waals surface area contributed by atoms with Gasteiger partial charge in [0.25, 0.3) is 0 Å². The second kappa shape index (κ2) is 7.27. The van der Waals surface area contributed by atoms with Crippen molar-refractivity contribution in [3.8, 4) is 0 Å². The topological polar surface area (TPSA) is 37.3 Å². The van der Waals surface area contributed by atoms with E-state index in [4.69, 9.17) is 5.11 Å². The maximum atomic E-state index is 9.76. The predicted molar refractivity (Wildman–Crippen MR) is 32.9 cm³/mol. The van der Waals surface area contributed by atoms with Gasteiger partial charge >= 0.3 is 5.97 Å². The van der Waals surface area contributed by atoms with Gasteiger partial charge in [0.15, 0.2) is 0 Å². The molecule has 0 aromatic heterocycles. The smallest absolute Gasteiger partial charge is 0.303 e. The van der Waals surface area contributed by atoms with Crippen molar-refractivity contribution in [1.82, 2.24) is 0 Å². The summed E-state index contributed by atoms with van der Waals surface area (Å²) in [4.78, 5) is 9.76. The van der Waals surface area contributed by atoms with Gasteiger partial charge in [0, 0.05) is 30.3 Å². The summed E-state index contributed by atoms with van der Waals surface area (Å²) in [6.07, 6.45) is 2.08. The number of carboxylic acid groups (broad SMARTS) is 1. The number of hydrogen-bond acceptors (Lipinski definition) is 1. The van der Waals surface area contributed by atoms with E-state index >= 15 is 0 Å². The molecule has 3 heteroatoms. The molecule has 0 rings (SSSR count). The van der Waals surface area contributed by atoms with Crippen LogP contribution in [0.25, 0.3) is 0 Å². The van der Waals surface area contributed by atoms with Crippen LogP contribution in [0.4, 0.5) is 0 Å². The maximum Gasteiger partial charge on any atom is 0.303 e. The summed E-state index contributed by atoms with van der Waals surface area (Å²) in [7, 11) is 0. The van der Waals surface area contributed by atoms with Gasteiger partial charge < -0.3 is 5.11 Å². The van der Waals surface area contributed by atoms with Crippen LogP contribution in [-0.4, -0.2) is 35.0 Å². The Labute approximate surface area is 66.2 Å². The molecule has 0 saturated carbocycles. The summed E-state index contributed by atoms with van der Waals surface area (Å²) in [6, 6.07) is 0. The molecule has 0 aromatic rings. The number of carboxylic acids is 1. The minimum Gasteiger partial charge on any atom is -0.481 e. The van der Waals surface area contributed by atoms with Crippen molar-refractivity contribution in [3.05, 3.63) is 0 Å². The van der Waals surface area contributed by atoms with Crippen molar-refractivity contribution in [2.75, 3.05) is 0 Å². The first-order valence-electron chi connectivity index (χ1n) is 2.49. The first kappa shape index (κ1) is 11.1. The third-order valence-corrected chi connectivity index (χ3v) is 0.744. The molecule has 0 bridgehead atoms. The zero-order valence-corrected chi connectivity index (χ0v) is 7.83. The van der Waals surface area contributed by atoms with Gasteiger partial charge in [-0.2, -0.15) is 0 Å². The largest absolute Gasteiger partial charge is 0.481 e. The summed E-state index contributed by atoms with van der Waals surface area (Å²) in [5, 5.41) is 8.04. The number of unbranched alkanes of at least 4 members (excludes halogenated alkanes) is 1. The first-order valence-corrected chi connectivity index (χ1v) is 2.49. The van der Waals surface area contributed by atoms with E-state index in [0.717, 1.165) is 12.8 Å². The van der Waals surface area contributed by atoms with E-state index < -0.39 is 5.97 Å². The fraction of sp³-hybridized carbons (Fsp3) is 0.800. The molecule has 0 aliphatic carbocycles. The third kappa shape index (κ3) is 9.55. The molecule has 0 aromatic carbocycles. The number of hydrogen-bond donors (Lipinski definition) is 1. The van der Waals surface area contributed by atoms with E-state index in [9.17, 15) is 4.79 Å². The molecule has 2 nitrogen and oxygen atoms in total. The summed E-state index contributed by atoms with van der Waals surface area (Å²) < 4.78 is 0. The van der Waals surface area contributed by atoms with Crippen molar-refractivity contribution in [2.24, 2.45) is 0 Å². The zero-order chi connectivity index (χ0) is 5.70. The molecule has 0 fully saturated rings. The fourth-order valence-electron chi connectivity index (χ4n) is 0.328. The van der Waals surface area contributed by atoms with E-state index in [0.29, 0.717) is 6.42 Å². The molecule has 0 saturated heterocycles. The van der Waals surface area contributed by atoms with Crippen LogP contribution in [0.3, 0.4) is 0 Å². The summed E-state index contributed by atoms with van der Waals surface area (Å²) in [5.74, 6) is -0.693. The average Bonchev–Trinajstić information content (AvgIpc) is 1.61. The SMILES string of the molecule is CCCCC(=O)O.[Sn]. The Morgan fingerprint density at radius 1 is 1.62 bits per heavy atom. The predicted octanol–water partition coefficient (Wildman–Crippen LogP) is 0.880. The third-order valence-electron chi connectivity index (χ3n) is 0.744. The van der Waals surface area contributed by atoms with Crippen molar-refractivity contribution >= 4 is 29.9 Å². The summed E-state index contributed by atoms with van der Waals surface area (Å²) in [5.41, 5.74) is 0. The quantitative estimate of drug-likeness (QED) is 0.718. The Hall–Kier alpha value is 0.269. The Morgan fingerprint density at radius 2 is 2.12 bits per heavy atom. The molecule has 0 heterocycles. The Morgan fingerprint density at radius 3 is 2.25 bits per heavy atom. The van der Waals surface area contributed by atoms with Gasteiger partial charge in [-0.05, 0) is 6.42 Å². The number of aliphatic carboxylic acids is 1. The van der Waals surface area contributed by atoms with E-state index in [1.54, 1.807) is 0 Å². The normalized spacial score (nSPS) is 7.62. The number of carbonyl (C=O) groups is 1. The van der Waals surface area contributed by atoms with Gasteiger partial charge in [-0.1, -0.05) is 13.3 Å². The van der Waals surface area contributed by atoms with Crippen molar-refractivity contribution in [3.63, 3.8) is 0 Å². The molecule has 1 N–H and O–H groups in total. The minimum absolute atomic E-state index is 0. The molecule has 0 spiro atoms. The van der Waals surface area contributed by atoms with Gasteiger partial charge in [0.1, 0.15) is 0 Å². The summed E-state index contributed by atoms with van der Waals surface area (Å²) in [6.45, 7) is 1.98. The van der Waals surface area contributed by atoms with E-state index in [1.165, 1.54) is 0 Å². The molecular formula is C5H10O2Sn. The standard InChI is InChI=1S/C5H10O2.Sn/c1-2-3-4-5(6)7;/h2-4H2,1H3,(H,6,7);. The van der Waals surface area contributed by atoms with E-state index in [-0.39, 0.29) is 23.9 Å². The molecule has 8 heavy (non-hydrogen) atoms. The number of rotatable bonds is 3. The fourth-order valence-corrected chi connectivity index (χ4v) is 0.328. The van der Waals surface area contributed by atoms with Crippen LogP contribution in [0.1, 0.15) is 26.2 Å². The van der Waals surface area contributed by atoms with Gasteiger partial charge in [-0.3, -0.25) is 4.79 Å². The van der Waals surface area contributed by atoms with Crippen LogP contribution in [-0.2, 0) is 4.79 Å². The first-order chi connectivity index (χ1) is 3.27. The Kier molecular flexibility index (Phi) is 10.1. The Bertz CT molecular complexity index is 63.4. The molecule has 0 amide bonds. The molecule has 0 aliphatic rings. The molecular weight excluding hydrogens is 211 g/mol. The van der Waals surface area contributed by atoms with Gasteiger partial charge in [0.05, 0.1) is 0 Å². The van der Waals surface area contributed by atoms with Crippen LogP contribution >= 0.6 is 0 Å². The van der Waals surface area contributed by atoms with Crippen LogP contribution < -0.4 is 0 Å². The van der Waals surface area contributed by atoms with Crippen molar-refractivity contribution < 1.29 is 9.90 Å². The van der Waals surface area contributed by atoms with E-state index in [1.807, 2.05) is 6.92 Å². The molecule has 4 radical (unpaired) electrons. The van der Waals surface area contributed by atoms with Crippen molar-refractivity contribution in [2.45, 2.75) is 26.2 Å². The molecule has 0 unspecified atom stereocenters. The zero-order valence-electron chi connectivity index (χ0n) is 4.98. The molecule has 0 aliphatic heterocycles. The summed E-state index contributed by atoms with van der Waals surface area (Å²) >= 11 is 0. The van der Waals surface area contributed by atoms with Gasteiger partial charge in [-0.15, -0.1) is 0 Å². The van der Waals surface area contributed by atoms with Gasteiger partial charge in [0.2, 0.25) is 0 Å². The second-order valence-corrected chi connectivity index (χ2v) is 1.50. The van der Waals surface area contributed by atoms with Crippen LogP contribution in [0.5, 0.6) is 0 Å². The minimum atomic E-state index is -0.693. The van der Waals surface area contributed by atoms with E-state index in [2.05, 4.69) is 0 Å². The molecule has 46 valence electrons. The van der Waals surface area contributed by atoms with Crippen LogP contribution in [0, 0.1) is 0 Å².